The third kappa shape index (κ3) is 3.15. The Balaban J connectivity index is 3.04. The van der Waals surface area contributed by atoms with Crippen molar-refractivity contribution in [1.29, 1.82) is 5.26 Å². The minimum absolute atomic E-state index is 0.0404. The smallest absolute Gasteiger partial charge is 0.269 e. The lowest BCUT2D eigenvalue weighted by Crippen LogP contribution is -2.18. The van der Waals surface area contributed by atoms with Crippen LogP contribution in [0.3, 0.4) is 0 Å². The Morgan fingerprint density at radius 2 is 2.22 bits per heavy atom. The van der Waals surface area contributed by atoms with Gasteiger partial charge in [-0.15, -0.1) is 0 Å². The molecule has 0 fully saturated rings. The van der Waals surface area contributed by atoms with Crippen molar-refractivity contribution in [1.82, 2.24) is 4.90 Å². The number of carbonyl (C=O) groups excluding carboxylic acids is 1. The molecule has 1 aromatic rings. The molecule has 0 saturated carbocycles. The fraction of sp³-hybridized carbons (Fsp3) is 0.167. The van der Waals surface area contributed by atoms with Crippen molar-refractivity contribution in [3.63, 3.8) is 0 Å². The maximum atomic E-state index is 11.5. The first kappa shape index (κ1) is 13.4. The van der Waals surface area contributed by atoms with Crippen molar-refractivity contribution in [2.75, 3.05) is 7.05 Å². The number of nitro benzene ring substituents is 1. The van der Waals surface area contributed by atoms with E-state index in [1.54, 1.807) is 25.2 Å². The summed E-state index contributed by atoms with van der Waals surface area (Å²) in [6, 6.07) is 5.97. The second-order valence-corrected chi connectivity index (χ2v) is 3.63. The van der Waals surface area contributed by atoms with Crippen LogP contribution in [0.25, 0.3) is 5.57 Å². The molecule has 0 aromatic heterocycles. The Morgan fingerprint density at radius 3 is 2.78 bits per heavy atom. The van der Waals surface area contributed by atoms with E-state index in [2.05, 4.69) is 0 Å². The predicted octanol–water partition coefficient (Wildman–Crippen LogP) is 1.94. The number of non-ortho nitro benzene ring substituents is 1. The number of nitro groups is 1. The summed E-state index contributed by atoms with van der Waals surface area (Å²) in [4.78, 5) is 22.5. The molecule has 0 N–H and O–H groups in total. The molecule has 0 aliphatic carbocycles. The van der Waals surface area contributed by atoms with E-state index in [4.69, 9.17) is 5.26 Å². The van der Waals surface area contributed by atoms with E-state index < -0.39 is 10.8 Å². The second kappa shape index (κ2) is 5.59. The van der Waals surface area contributed by atoms with Gasteiger partial charge in [-0.05, 0) is 18.1 Å². The molecule has 0 atom stereocenters. The van der Waals surface area contributed by atoms with Gasteiger partial charge in [0.2, 0.25) is 0 Å². The molecule has 18 heavy (non-hydrogen) atoms. The fourth-order valence-electron chi connectivity index (χ4n) is 1.28. The molecule has 0 aliphatic heterocycles. The third-order valence-corrected chi connectivity index (χ3v) is 2.33. The van der Waals surface area contributed by atoms with Crippen LogP contribution in [-0.4, -0.2) is 22.8 Å². The summed E-state index contributed by atoms with van der Waals surface area (Å²) in [7, 11) is 1.35. The number of hydrogen-bond acceptors (Lipinski definition) is 4. The maximum Gasteiger partial charge on any atom is 0.270 e. The number of nitriles is 1. The first-order valence-electron chi connectivity index (χ1n) is 5.06. The number of benzene rings is 1. The molecule has 92 valence electrons. The largest absolute Gasteiger partial charge is 0.270 e. The lowest BCUT2D eigenvalue weighted by atomic mass is 10.1. The second-order valence-electron chi connectivity index (χ2n) is 3.63. The monoisotopic (exact) mass is 245 g/mol. The van der Waals surface area contributed by atoms with Gasteiger partial charge in [0.15, 0.2) is 6.19 Å². The van der Waals surface area contributed by atoms with Crippen LogP contribution in [0, 0.1) is 21.6 Å². The molecule has 1 amide bonds. The number of hydrogen-bond donors (Lipinski definition) is 0. The van der Waals surface area contributed by atoms with Crippen molar-refractivity contribution in [3.05, 3.63) is 46.0 Å². The molecule has 0 bridgehead atoms. The Morgan fingerprint density at radius 1 is 1.56 bits per heavy atom. The summed E-state index contributed by atoms with van der Waals surface area (Å²) in [5.41, 5.74) is 1.09. The lowest BCUT2D eigenvalue weighted by molar-refractivity contribution is -0.384. The topological polar surface area (TPSA) is 87.2 Å². The van der Waals surface area contributed by atoms with E-state index in [0.717, 1.165) is 4.90 Å². The average Bonchev–Trinajstić information content (AvgIpc) is 2.37. The van der Waals surface area contributed by atoms with Crippen molar-refractivity contribution in [3.8, 4) is 6.19 Å². The summed E-state index contributed by atoms with van der Waals surface area (Å²) < 4.78 is 0. The van der Waals surface area contributed by atoms with Gasteiger partial charge in [0.25, 0.3) is 11.6 Å². The molecule has 0 saturated heterocycles. The zero-order valence-corrected chi connectivity index (χ0v) is 9.95. The van der Waals surface area contributed by atoms with Crippen molar-refractivity contribution >= 4 is 17.2 Å². The highest BCUT2D eigenvalue weighted by Crippen LogP contribution is 2.19. The third-order valence-electron chi connectivity index (χ3n) is 2.33. The van der Waals surface area contributed by atoms with Crippen LogP contribution < -0.4 is 0 Å². The van der Waals surface area contributed by atoms with Gasteiger partial charge < -0.3 is 0 Å². The number of nitrogens with zero attached hydrogens (tertiary/aromatic N) is 3. The van der Waals surface area contributed by atoms with E-state index in [0.29, 0.717) is 11.1 Å². The predicted molar refractivity (Wildman–Crippen MR) is 65.1 cm³/mol. The number of allylic oxidation sites excluding steroid dienone is 1. The number of carbonyl (C=O) groups is 1. The van der Waals surface area contributed by atoms with Crippen LogP contribution in [-0.2, 0) is 4.79 Å². The van der Waals surface area contributed by atoms with Gasteiger partial charge in [-0.3, -0.25) is 14.9 Å². The first-order valence-corrected chi connectivity index (χ1v) is 5.06. The molecule has 1 rings (SSSR count). The van der Waals surface area contributed by atoms with Crippen LogP contribution in [0.5, 0.6) is 0 Å². The standard InChI is InChI=1S/C12H11N3O3/c1-9(6-12(16)14(2)8-13)10-4-3-5-11(7-10)15(17)18/h3-7H,1-2H3. The molecule has 1 aromatic carbocycles. The van der Waals surface area contributed by atoms with E-state index in [-0.39, 0.29) is 5.69 Å². The van der Waals surface area contributed by atoms with Crippen molar-refractivity contribution in [2.45, 2.75) is 6.92 Å². The van der Waals surface area contributed by atoms with Crippen LogP contribution in [0.15, 0.2) is 30.3 Å². The summed E-state index contributed by atoms with van der Waals surface area (Å²) >= 11 is 0. The first-order chi connectivity index (χ1) is 8.45. The Kier molecular flexibility index (Phi) is 4.16. The fourth-order valence-corrected chi connectivity index (χ4v) is 1.28. The highest BCUT2D eigenvalue weighted by Gasteiger charge is 2.09. The quantitative estimate of drug-likeness (QED) is 0.267. The van der Waals surface area contributed by atoms with Gasteiger partial charge in [0, 0.05) is 25.3 Å². The summed E-state index contributed by atoms with van der Waals surface area (Å²) in [6.45, 7) is 1.65. The number of likely N-dealkylation sites (N-methyl/N-ethyl adjacent to an activating group) is 1. The Labute approximate surface area is 104 Å². The molecule has 0 radical (unpaired) electrons. The summed E-state index contributed by atoms with van der Waals surface area (Å²) in [5.74, 6) is -0.471. The van der Waals surface area contributed by atoms with Gasteiger partial charge in [-0.25, -0.2) is 4.90 Å². The van der Waals surface area contributed by atoms with E-state index >= 15 is 0 Å². The van der Waals surface area contributed by atoms with Crippen LogP contribution >= 0.6 is 0 Å². The van der Waals surface area contributed by atoms with E-state index in [1.165, 1.54) is 25.3 Å². The molecule has 6 nitrogen and oxygen atoms in total. The van der Waals surface area contributed by atoms with Crippen LogP contribution in [0.2, 0.25) is 0 Å². The molecular weight excluding hydrogens is 234 g/mol. The van der Waals surface area contributed by atoms with Gasteiger partial charge in [-0.1, -0.05) is 12.1 Å². The zero-order chi connectivity index (χ0) is 13.7. The average molecular weight is 245 g/mol. The van der Waals surface area contributed by atoms with Gasteiger partial charge in [0.05, 0.1) is 4.92 Å². The number of amides is 1. The molecule has 0 spiro atoms. The van der Waals surface area contributed by atoms with Gasteiger partial charge in [0.1, 0.15) is 0 Å². The molecular formula is C12H11N3O3. The summed E-state index contributed by atoms with van der Waals surface area (Å²) in [5, 5.41) is 19.2. The minimum atomic E-state index is -0.500. The number of rotatable bonds is 3. The Bertz CT molecular complexity index is 558. The highest BCUT2D eigenvalue weighted by atomic mass is 16.6. The highest BCUT2D eigenvalue weighted by molar-refractivity contribution is 5.95. The summed E-state index contributed by atoms with van der Waals surface area (Å²) in [6.07, 6.45) is 2.95. The van der Waals surface area contributed by atoms with Gasteiger partial charge in [-0.2, -0.15) is 5.26 Å². The SMILES string of the molecule is CC(=CC(=O)N(C)C#N)c1cccc([N+](=O)[O-])c1. The minimum Gasteiger partial charge on any atom is -0.269 e. The molecule has 0 unspecified atom stereocenters. The van der Waals surface area contributed by atoms with Crippen molar-refractivity contribution in [2.24, 2.45) is 0 Å². The van der Waals surface area contributed by atoms with E-state index in [9.17, 15) is 14.9 Å². The zero-order valence-electron chi connectivity index (χ0n) is 9.95. The van der Waals surface area contributed by atoms with Crippen LogP contribution in [0.1, 0.15) is 12.5 Å². The van der Waals surface area contributed by atoms with Crippen molar-refractivity contribution < 1.29 is 9.72 Å². The maximum absolute atomic E-state index is 11.5. The Hall–Kier alpha value is -2.68. The molecule has 0 heterocycles. The van der Waals surface area contributed by atoms with Crippen LogP contribution in [0.4, 0.5) is 5.69 Å². The normalized spacial score (nSPS) is 10.6. The van der Waals surface area contributed by atoms with E-state index in [1.807, 2.05) is 0 Å². The molecule has 0 aliphatic rings. The van der Waals surface area contributed by atoms with Gasteiger partial charge >= 0.3 is 0 Å². The molecule has 6 heteroatoms. The lowest BCUT2D eigenvalue weighted by Gasteiger charge is -2.05.